The van der Waals surface area contributed by atoms with Crippen molar-refractivity contribution in [2.45, 2.75) is 40.7 Å². The van der Waals surface area contributed by atoms with Crippen molar-refractivity contribution in [3.8, 4) is 0 Å². The molecule has 18 heavy (non-hydrogen) atoms. The van der Waals surface area contributed by atoms with Crippen LogP contribution >= 0.6 is 0 Å². The molecule has 0 amide bonds. The van der Waals surface area contributed by atoms with Gasteiger partial charge in [0.25, 0.3) is 0 Å². The fourth-order valence-electron chi connectivity index (χ4n) is 1.80. The molecule has 0 fully saturated rings. The summed E-state index contributed by atoms with van der Waals surface area (Å²) in [6.07, 6.45) is 2.96. The van der Waals surface area contributed by atoms with Crippen molar-refractivity contribution in [3.05, 3.63) is 24.2 Å². The van der Waals surface area contributed by atoms with Crippen molar-refractivity contribution < 1.29 is 4.42 Å². The zero-order chi connectivity index (χ0) is 13.4. The van der Waals surface area contributed by atoms with Crippen LogP contribution in [0.5, 0.6) is 0 Å². The molecule has 0 aliphatic heterocycles. The first-order chi connectivity index (χ1) is 8.51. The van der Waals surface area contributed by atoms with Gasteiger partial charge in [-0.3, -0.25) is 4.90 Å². The SMILES string of the molecule is CCN(CCNCCC(C)(C)C)Cc1ccco1. The lowest BCUT2D eigenvalue weighted by molar-refractivity contribution is 0.253. The minimum absolute atomic E-state index is 0.422. The molecule has 0 spiro atoms. The summed E-state index contributed by atoms with van der Waals surface area (Å²) in [6.45, 7) is 14.2. The zero-order valence-corrected chi connectivity index (χ0v) is 12.3. The minimum atomic E-state index is 0.422. The van der Waals surface area contributed by atoms with Crippen LogP contribution < -0.4 is 5.32 Å². The smallest absolute Gasteiger partial charge is 0.117 e. The van der Waals surface area contributed by atoms with Gasteiger partial charge in [-0.1, -0.05) is 27.7 Å². The summed E-state index contributed by atoms with van der Waals surface area (Å²) in [5.74, 6) is 1.05. The number of furan rings is 1. The number of hydrogen-bond acceptors (Lipinski definition) is 3. The number of nitrogens with one attached hydrogen (secondary N) is 1. The Labute approximate surface area is 112 Å². The largest absolute Gasteiger partial charge is 0.468 e. The van der Waals surface area contributed by atoms with E-state index in [0.717, 1.165) is 38.5 Å². The van der Waals surface area contributed by atoms with Gasteiger partial charge in [0.2, 0.25) is 0 Å². The Balaban J connectivity index is 2.12. The minimum Gasteiger partial charge on any atom is -0.468 e. The summed E-state index contributed by atoms with van der Waals surface area (Å²) in [5.41, 5.74) is 0.422. The van der Waals surface area contributed by atoms with E-state index in [9.17, 15) is 0 Å². The molecule has 1 rings (SSSR count). The summed E-state index contributed by atoms with van der Waals surface area (Å²) < 4.78 is 5.38. The van der Waals surface area contributed by atoms with Crippen molar-refractivity contribution >= 4 is 0 Å². The van der Waals surface area contributed by atoms with Crippen molar-refractivity contribution in [2.75, 3.05) is 26.2 Å². The first-order valence-corrected chi connectivity index (χ1v) is 6.97. The highest BCUT2D eigenvalue weighted by Crippen LogP contribution is 2.16. The number of rotatable bonds is 8. The second kappa shape index (κ2) is 7.59. The van der Waals surface area contributed by atoms with Gasteiger partial charge >= 0.3 is 0 Å². The predicted octanol–water partition coefficient (Wildman–Crippen LogP) is 3.13. The first-order valence-electron chi connectivity index (χ1n) is 6.97. The molecule has 104 valence electrons. The van der Waals surface area contributed by atoms with Crippen LogP contribution in [0.25, 0.3) is 0 Å². The van der Waals surface area contributed by atoms with Crippen LogP contribution in [-0.4, -0.2) is 31.1 Å². The van der Waals surface area contributed by atoms with Gasteiger partial charge in [0.05, 0.1) is 12.8 Å². The standard InChI is InChI=1S/C15H28N2O/c1-5-17(13-14-7-6-12-18-14)11-10-16-9-8-15(2,3)4/h6-7,12,16H,5,8-11,13H2,1-4H3. The third kappa shape index (κ3) is 6.82. The molecule has 3 nitrogen and oxygen atoms in total. The van der Waals surface area contributed by atoms with Crippen LogP contribution in [0, 0.1) is 5.41 Å². The Morgan fingerprint density at radius 2 is 2.06 bits per heavy atom. The predicted molar refractivity (Wildman–Crippen MR) is 76.6 cm³/mol. The first kappa shape index (κ1) is 15.3. The van der Waals surface area contributed by atoms with Crippen LogP contribution in [0.1, 0.15) is 39.9 Å². The zero-order valence-electron chi connectivity index (χ0n) is 12.3. The lowest BCUT2D eigenvalue weighted by atomic mass is 9.92. The van der Waals surface area contributed by atoms with Gasteiger partial charge in [-0.2, -0.15) is 0 Å². The fraction of sp³-hybridized carbons (Fsp3) is 0.733. The van der Waals surface area contributed by atoms with Crippen molar-refractivity contribution in [1.29, 1.82) is 0 Å². The second-order valence-corrected chi connectivity index (χ2v) is 6.01. The quantitative estimate of drug-likeness (QED) is 0.721. The van der Waals surface area contributed by atoms with Gasteiger partial charge in [0.15, 0.2) is 0 Å². The Bertz CT molecular complexity index is 301. The van der Waals surface area contributed by atoms with E-state index in [0.29, 0.717) is 5.41 Å². The maximum atomic E-state index is 5.38. The Morgan fingerprint density at radius 1 is 1.28 bits per heavy atom. The lowest BCUT2D eigenvalue weighted by Gasteiger charge is -2.21. The van der Waals surface area contributed by atoms with Crippen molar-refractivity contribution in [1.82, 2.24) is 10.2 Å². The van der Waals surface area contributed by atoms with Crippen molar-refractivity contribution in [3.63, 3.8) is 0 Å². The van der Waals surface area contributed by atoms with E-state index in [4.69, 9.17) is 4.42 Å². The number of nitrogens with zero attached hydrogens (tertiary/aromatic N) is 1. The number of likely N-dealkylation sites (N-methyl/N-ethyl adjacent to an activating group) is 1. The van der Waals surface area contributed by atoms with Gasteiger partial charge in [-0.15, -0.1) is 0 Å². The fourth-order valence-corrected chi connectivity index (χ4v) is 1.80. The summed E-state index contributed by atoms with van der Waals surface area (Å²) in [4.78, 5) is 2.39. The van der Waals surface area contributed by atoms with Gasteiger partial charge in [-0.05, 0) is 37.1 Å². The van der Waals surface area contributed by atoms with E-state index in [2.05, 4.69) is 37.9 Å². The second-order valence-electron chi connectivity index (χ2n) is 6.01. The summed E-state index contributed by atoms with van der Waals surface area (Å²) in [6, 6.07) is 3.99. The average molecular weight is 252 g/mol. The highest BCUT2D eigenvalue weighted by atomic mass is 16.3. The molecule has 0 atom stereocenters. The van der Waals surface area contributed by atoms with Crippen LogP contribution in [0.4, 0.5) is 0 Å². The van der Waals surface area contributed by atoms with E-state index in [-0.39, 0.29) is 0 Å². The molecule has 0 unspecified atom stereocenters. The Hall–Kier alpha value is -0.800. The van der Waals surface area contributed by atoms with Gasteiger partial charge in [-0.25, -0.2) is 0 Å². The van der Waals surface area contributed by atoms with E-state index in [1.165, 1.54) is 6.42 Å². The third-order valence-electron chi connectivity index (χ3n) is 3.06. The molecule has 0 aliphatic rings. The molecule has 0 saturated carbocycles. The maximum Gasteiger partial charge on any atom is 0.117 e. The molecule has 1 aromatic rings. The Kier molecular flexibility index (Phi) is 6.44. The molecule has 1 N–H and O–H groups in total. The van der Waals surface area contributed by atoms with Gasteiger partial charge in [0.1, 0.15) is 5.76 Å². The van der Waals surface area contributed by atoms with Crippen LogP contribution in [0.15, 0.2) is 22.8 Å². The molecule has 0 saturated heterocycles. The topological polar surface area (TPSA) is 28.4 Å². The van der Waals surface area contributed by atoms with E-state index >= 15 is 0 Å². The molecule has 0 bridgehead atoms. The monoisotopic (exact) mass is 252 g/mol. The highest BCUT2D eigenvalue weighted by Gasteiger charge is 2.09. The van der Waals surface area contributed by atoms with Gasteiger partial charge < -0.3 is 9.73 Å². The lowest BCUT2D eigenvalue weighted by Crippen LogP contribution is -2.32. The maximum absolute atomic E-state index is 5.38. The third-order valence-corrected chi connectivity index (χ3v) is 3.06. The molecule has 0 aliphatic carbocycles. The molecule has 1 aromatic heterocycles. The highest BCUT2D eigenvalue weighted by molar-refractivity contribution is 4.97. The molecule has 1 heterocycles. The molecule has 0 aromatic carbocycles. The summed E-state index contributed by atoms with van der Waals surface area (Å²) in [5, 5.41) is 3.51. The normalized spacial score (nSPS) is 12.3. The molecule has 0 radical (unpaired) electrons. The number of hydrogen-bond donors (Lipinski definition) is 1. The van der Waals surface area contributed by atoms with E-state index in [1.807, 2.05) is 12.1 Å². The van der Waals surface area contributed by atoms with Crippen LogP contribution in [0.2, 0.25) is 0 Å². The van der Waals surface area contributed by atoms with Crippen LogP contribution in [0.3, 0.4) is 0 Å². The Morgan fingerprint density at radius 3 is 2.61 bits per heavy atom. The van der Waals surface area contributed by atoms with Crippen LogP contribution in [-0.2, 0) is 6.54 Å². The van der Waals surface area contributed by atoms with Gasteiger partial charge in [0, 0.05) is 13.1 Å². The average Bonchev–Trinajstić information content (AvgIpc) is 2.78. The molecule has 3 heteroatoms. The summed E-state index contributed by atoms with van der Waals surface area (Å²) >= 11 is 0. The molecular weight excluding hydrogens is 224 g/mol. The van der Waals surface area contributed by atoms with E-state index in [1.54, 1.807) is 6.26 Å². The van der Waals surface area contributed by atoms with E-state index < -0.39 is 0 Å². The molecular formula is C15H28N2O. The van der Waals surface area contributed by atoms with Crippen molar-refractivity contribution in [2.24, 2.45) is 5.41 Å². The summed E-state index contributed by atoms with van der Waals surface area (Å²) in [7, 11) is 0.